The lowest BCUT2D eigenvalue weighted by atomic mass is 9.44. The molecule has 0 heterocycles. The highest BCUT2D eigenvalue weighted by molar-refractivity contribution is 5.79. The Kier molecular flexibility index (Phi) is 8.25. The Bertz CT molecular complexity index is 900. The van der Waals surface area contributed by atoms with Crippen LogP contribution in [0.15, 0.2) is 0 Å². The molecule has 4 saturated carbocycles. The van der Waals surface area contributed by atoms with E-state index in [0.29, 0.717) is 29.5 Å². The standard InChI is InChI=1S/C29H44O8/c1-17(13-25(31)32)14-26(33)35-16-36-27(34)37-20-9-11-28(3)19(15-20)5-6-21-23-8-7-22(18(2)30)29(23,4)12-10-24(21)28/h17,19-24H,5-16H2,1-4H3,(H,31,32)/t17?,19-,20+,21-,22?,23-,24-,28-,29+/m0/s1. The molecule has 4 rings (SSSR count). The minimum Gasteiger partial charge on any atom is -0.481 e. The monoisotopic (exact) mass is 520 g/mol. The van der Waals surface area contributed by atoms with Crippen LogP contribution < -0.4 is 0 Å². The zero-order valence-electron chi connectivity index (χ0n) is 22.8. The number of ketones is 1. The first-order chi connectivity index (χ1) is 17.4. The fourth-order valence-electron chi connectivity index (χ4n) is 9.02. The zero-order valence-corrected chi connectivity index (χ0v) is 22.8. The highest BCUT2D eigenvalue weighted by atomic mass is 16.8. The lowest BCUT2D eigenvalue weighted by Crippen LogP contribution is -2.54. The molecule has 4 fully saturated rings. The van der Waals surface area contributed by atoms with Gasteiger partial charge in [-0.1, -0.05) is 20.8 Å². The summed E-state index contributed by atoms with van der Waals surface area (Å²) in [5, 5.41) is 8.77. The second-order valence-corrected chi connectivity index (χ2v) is 12.9. The van der Waals surface area contributed by atoms with E-state index in [-0.39, 0.29) is 41.6 Å². The molecule has 0 spiro atoms. The first-order valence-corrected chi connectivity index (χ1v) is 14.1. The van der Waals surface area contributed by atoms with Crippen LogP contribution in [0.5, 0.6) is 0 Å². The SMILES string of the molecule is CC(=O)C1CC[C@H]2[C@@H]3CC[C@H]4C[C@H](OC(=O)OCOC(=O)CC(C)CC(=O)O)CC[C@]4(C)[C@H]3CC[C@]12C. The van der Waals surface area contributed by atoms with Gasteiger partial charge in [-0.15, -0.1) is 0 Å². The summed E-state index contributed by atoms with van der Waals surface area (Å²) in [6.45, 7) is 7.73. The second-order valence-electron chi connectivity index (χ2n) is 12.9. The summed E-state index contributed by atoms with van der Waals surface area (Å²) in [6, 6.07) is 0. The predicted octanol–water partition coefficient (Wildman–Crippen LogP) is 5.76. The first-order valence-electron chi connectivity index (χ1n) is 14.1. The maximum Gasteiger partial charge on any atom is 0.511 e. The molecular weight excluding hydrogens is 476 g/mol. The summed E-state index contributed by atoms with van der Waals surface area (Å²) in [4.78, 5) is 47.1. The van der Waals surface area contributed by atoms with Crippen LogP contribution in [0.1, 0.15) is 98.3 Å². The second kappa shape index (κ2) is 10.9. The first kappa shape index (κ1) is 27.9. The number of Topliss-reactive ketones (excluding diaryl/α,β-unsaturated/α-hetero) is 1. The van der Waals surface area contributed by atoms with Gasteiger partial charge >= 0.3 is 18.1 Å². The zero-order chi connectivity index (χ0) is 27.0. The molecule has 0 aromatic heterocycles. The van der Waals surface area contributed by atoms with E-state index in [0.717, 1.165) is 38.5 Å². The number of fused-ring (bicyclic) bond motifs is 5. The molecule has 0 aromatic carbocycles. The van der Waals surface area contributed by atoms with E-state index < -0.39 is 24.9 Å². The van der Waals surface area contributed by atoms with Crippen LogP contribution in [0.2, 0.25) is 0 Å². The van der Waals surface area contributed by atoms with Gasteiger partial charge in [0.05, 0.1) is 0 Å². The number of esters is 1. The highest BCUT2D eigenvalue weighted by Crippen LogP contribution is 2.67. The highest BCUT2D eigenvalue weighted by Gasteiger charge is 2.61. The number of ether oxygens (including phenoxy) is 3. The van der Waals surface area contributed by atoms with Crippen LogP contribution in [0.25, 0.3) is 0 Å². The molecule has 1 N–H and O–H groups in total. The smallest absolute Gasteiger partial charge is 0.481 e. The van der Waals surface area contributed by atoms with Gasteiger partial charge in [0.2, 0.25) is 6.79 Å². The average Bonchev–Trinajstić information content (AvgIpc) is 3.16. The van der Waals surface area contributed by atoms with Gasteiger partial charge in [-0.2, -0.15) is 0 Å². The third-order valence-electron chi connectivity index (χ3n) is 10.8. The van der Waals surface area contributed by atoms with E-state index in [1.807, 2.05) is 0 Å². The van der Waals surface area contributed by atoms with E-state index in [9.17, 15) is 19.2 Å². The largest absolute Gasteiger partial charge is 0.511 e. The van der Waals surface area contributed by atoms with Crippen molar-refractivity contribution in [2.75, 3.05) is 6.79 Å². The number of carboxylic acid groups (broad SMARTS) is 1. The summed E-state index contributed by atoms with van der Waals surface area (Å²) in [5.41, 5.74) is 0.405. The molecule has 8 nitrogen and oxygen atoms in total. The maximum atomic E-state index is 12.4. The van der Waals surface area contributed by atoms with Gasteiger partial charge in [-0.05, 0) is 105 Å². The van der Waals surface area contributed by atoms with Crippen LogP contribution in [-0.4, -0.2) is 41.9 Å². The topological polar surface area (TPSA) is 116 Å². The Hall–Kier alpha value is -2.12. The number of aliphatic carboxylic acids is 1. The molecular formula is C29H44O8. The normalized spacial score (nSPS) is 39.4. The lowest BCUT2D eigenvalue weighted by molar-refractivity contribution is -0.157. The van der Waals surface area contributed by atoms with Crippen LogP contribution in [0.3, 0.4) is 0 Å². The summed E-state index contributed by atoms with van der Waals surface area (Å²) in [7, 11) is 0. The number of hydrogen-bond acceptors (Lipinski definition) is 7. The van der Waals surface area contributed by atoms with Crippen molar-refractivity contribution >= 4 is 23.9 Å². The quantitative estimate of drug-likeness (QED) is 0.317. The van der Waals surface area contributed by atoms with E-state index in [4.69, 9.17) is 19.3 Å². The van der Waals surface area contributed by atoms with Crippen molar-refractivity contribution in [1.29, 1.82) is 0 Å². The minimum atomic E-state index is -0.973. The molecule has 2 unspecified atom stereocenters. The van der Waals surface area contributed by atoms with E-state index in [1.165, 1.54) is 19.3 Å². The van der Waals surface area contributed by atoms with Gasteiger partial charge in [0.25, 0.3) is 0 Å². The molecule has 208 valence electrons. The molecule has 0 aliphatic heterocycles. The molecule has 0 amide bonds. The molecule has 8 heteroatoms. The fourth-order valence-corrected chi connectivity index (χ4v) is 9.02. The van der Waals surface area contributed by atoms with Crippen molar-refractivity contribution < 1.29 is 38.5 Å². The van der Waals surface area contributed by atoms with Crippen LogP contribution in [0, 0.1) is 46.3 Å². The summed E-state index contributed by atoms with van der Waals surface area (Å²) >= 11 is 0. The van der Waals surface area contributed by atoms with Crippen molar-refractivity contribution in [3.8, 4) is 0 Å². The Labute approximate surface area is 220 Å². The Morgan fingerprint density at radius 1 is 0.892 bits per heavy atom. The van der Waals surface area contributed by atoms with E-state index >= 15 is 0 Å². The van der Waals surface area contributed by atoms with Crippen LogP contribution in [-0.2, 0) is 28.6 Å². The molecule has 0 aromatic rings. The number of hydrogen-bond donors (Lipinski definition) is 1. The van der Waals surface area contributed by atoms with Gasteiger partial charge in [-0.3, -0.25) is 14.4 Å². The predicted molar refractivity (Wildman–Crippen MR) is 134 cm³/mol. The lowest BCUT2D eigenvalue weighted by Gasteiger charge is -2.61. The van der Waals surface area contributed by atoms with E-state index in [1.54, 1.807) is 13.8 Å². The molecule has 9 atom stereocenters. The molecule has 0 bridgehead atoms. The van der Waals surface area contributed by atoms with Crippen molar-refractivity contribution in [1.82, 2.24) is 0 Å². The molecule has 0 radical (unpaired) electrons. The maximum absolute atomic E-state index is 12.4. The van der Waals surface area contributed by atoms with Crippen molar-refractivity contribution in [3.05, 3.63) is 0 Å². The number of rotatable bonds is 8. The molecule has 4 aliphatic rings. The van der Waals surface area contributed by atoms with E-state index in [2.05, 4.69) is 13.8 Å². The van der Waals surface area contributed by atoms with Crippen molar-refractivity contribution in [3.63, 3.8) is 0 Å². The Morgan fingerprint density at radius 2 is 1.59 bits per heavy atom. The van der Waals surface area contributed by atoms with Gasteiger partial charge in [0.1, 0.15) is 11.9 Å². The van der Waals surface area contributed by atoms with Crippen molar-refractivity contribution in [2.24, 2.45) is 46.3 Å². The third kappa shape index (κ3) is 5.68. The summed E-state index contributed by atoms with van der Waals surface area (Å²) < 4.78 is 15.5. The fraction of sp³-hybridized carbons (Fsp3) is 0.862. The molecule has 37 heavy (non-hydrogen) atoms. The van der Waals surface area contributed by atoms with Crippen LogP contribution in [0.4, 0.5) is 4.79 Å². The van der Waals surface area contributed by atoms with Crippen molar-refractivity contribution in [2.45, 2.75) is 104 Å². The summed E-state index contributed by atoms with van der Waals surface area (Å²) in [5.74, 6) is 1.18. The van der Waals surface area contributed by atoms with Gasteiger partial charge in [-0.25, -0.2) is 4.79 Å². The van der Waals surface area contributed by atoms with Gasteiger partial charge < -0.3 is 19.3 Å². The number of carboxylic acids is 1. The number of carbonyl (C=O) groups is 4. The third-order valence-corrected chi connectivity index (χ3v) is 10.8. The van der Waals surface area contributed by atoms with Crippen LogP contribution >= 0.6 is 0 Å². The summed E-state index contributed by atoms with van der Waals surface area (Å²) in [6.07, 6.45) is 8.35. The minimum absolute atomic E-state index is 0.0504. The number of carbonyl (C=O) groups excluding carboxylic acids is 3. The van der Waals surface area contributed by atoms with Gasteiger partial charge in [0.15, 0.2) is 0 Å². The average molecular weight is 521 g/mol. The molecule has 0 saturated heterocycles. The molecule has 4 aliphatic carbocycles. The Morgan fingerprint density at radius 3 is 2.30 bits per heavy atom. The van der Waals surface area contributed by atoms with Gasteiger partial charge in [0, 0.05) is 18.8 Å². The Balaban J connectivity index is 1.25.